The van der Waals surface area contributed by atoms with Gasteiger partial charge in [-0.2, -0.15) is 0 Å². The minimum atomic E-state index is -3.07. The molecule has 0 unspecified atom stereocenters. The van der Waals surface area contributed by atoms with Gasteiger partial charge in [0, 0.05) is 11.8 Å². The standard InChI is InChI=1S/C10H20Cl2O2S/c1-9(2,3)15(13,14)6-5-10(4,7-11)8-12/h5-8H2,1-4H3. The second-order valence-electron chi connectivity index (χ2n) is 5.26. The van der Waals surface area contributed by atoms with Gasteiger partial charge >= 0.3 is 0 Å². The first-order valence-electron chi connectivity index (χ1n) is 4.92. The lowest BCUT2D eigenvalue weighted by molar-refractivity contribution is 0.408. The Morgan fingerprint density at radius 3 is 1.67 bits per heavy atom. The van der Waals surface area contributed by atoms with Crippen LogP contribution in [0.25, 0.3) is 0 Å². The third kappa shape index (κ3) is 4.49. The van der Waals surface area contributed by atoms with Crippen molar-refractivity contribution >= 4 is 33.0 Å². The zero-order valence-electron chi connectivity index (χ0n) is 9.81. The van der Waals surface area contributed by atoms with Gasteiger partial charge in [0.15, 0.2) is 9.84 Å². The van der Waals surface area contributed by atoms with E-state index in [1.807, 2.05) is 6.92 Å². The number of hydrogen-bond donors (Lipinski definition) is 0. The molecule has 0 rings (SSSR count). The Balaban J connectivity index is 4.53. The molecule has 15 heavy (non-hydrogen) atoms. The van der Waals surface area contributed by atoms with E-state index in [9.17, 15) is 8.42 Å². The van der Waals surface area contributed by atoms with Gasteiger partial charge in [0.2, 0.25) is 0 Å². The molecule has 0 radical (unpaired) electrons. The Morgan fingerprint density at radius 2 is 1.40 bits per heavy atom. The molecule has 0 N–H and O–H groups in total. The number of rotatable bonds is 5. The van der Waals surface area contributed by atoms with Gasteiger partial charge < -0.3 is 0 Å². The first-order chi connectivity index (χ1) is 6.58. The molecule has 0 aromatic rings. The normalized spacial score (nSPS) is 14.3. The Bertz CT molecular complexity index is 287. The van der Waals surface area contributed by atoms with Crippen molar-refractivity contribution in [2.45, 2.75) is 38.9 Å². The van der Waals surface area contributed by atoms with E-state index in [4.69, 9.17) is 23.2 Å². The quantitative estimate of drug-likeness (QED) is 0.723. The Hall–Kier alpha value is 0.530. The van der Waals surface area contributed by atoms with Gasteiger partial charge in [0.25, 0.3) is 0 Å². The van der Waals surface area contributed by atoms with Crippen LogP contribution >= 0.6 is 23.2 Å². The lowest BCUT2D eigenvalue weighted by Crippen LogP contribution is -2.33. The summed E-state index contributed by atoms with van der Waals surface area (Å²) < 4.78 is 23.0. The second-order valence-corrected chi connectivity index (χ2v) is 8.66. The second kappa shape index (κ2) is 5.24. The highest BCUT2D eigenvalue weighted by atomic mass is 35.5. The molecule has 5 heteroatoms. The van der Waals surface area contributed by atoms with Gasteiger partial charge in [0.1, 0.15) is 0 Å². The fourth-order valence-corrected chi connectivity index (χ4v) is 2.78. The molecule has 0 heterocycles. The molecule has 2 nitrogen and oxygen atoms in total. The lowest BCUT2D eigenvalue weighted by Gasteiger charge is -2.26. The highest BCUT2D eigenvalue weighted by molar-refractivity contribution is 7.92. The Kier molecular flexibility index (Phi) is 5.43. The Morgan fingerprint density at radius 1 is 1.00 bits per heavy atom. The average molecular weight is 275 g/mol. The molecule has 0 atom stereocenters. The molecule has 0 aliphatic carbocycles. The summed E-state index contributed by atoms with van der Waals surface area (Å²) >= 11 is 11.5. The fraction of sp³-hybridized carbons (Fsp3) is 1.00. The third-order valence-corrected chi connectivity index (χ3v) is 6.45. The highest BCUT2D eigenvalue weighted by Gasteiger charge is 2.32. The van der Waals surface area contributed by atoms with Crippen molar-refractivity contribution in [3.8, 4) is 0 Å². The van der Waals surface area contributed by atoms with Crippen molar-refractivity contribution in [2.24, 2.45) is 5.41 Å². The maximum absolute atomic E-state index is 11.8. The molecule has 0 saturated heterocycles. The molecule has 0 aliphatic rings. The van der Waals surface area contributed by atoms with Crippen LogP contribution in [0.4, 0.5) is 0 Å². The first kappa shape index (κ1) is 15.5. The van der Waals surface area contributed by atoms with Crippen LogP contribution in [0.2, 0.25) is 0 Å². The summed E-state index contributed by atoms with van der Waals surface area (Å²) in [4.78, 5) is 0. The Labute approximate surface area is 103 Å². The fourth-order valence-electron chi connectivity index (χ4n) is 0.856. The molecule has 0 bridgehead atoms. The van der Waals surface area contributed by atoms with Gasteiger partial charge in [-0.05, 0) is 32.6 Å². The van der Waals surface area contributed by atoms with Gasteiger partial charge in [-0.1, -0.05) is 6.92 Å². The average Bonchev–Trinajstić information content (AvgIpc) is 2.13. The smallest absolute Gasteiger partial charge is 0.155 e. The molecule has 0 fully saturated rings. The summed E-state index contributed by atoms with van der Waals surface area (Å²) in [6.45, 7) is 7.04. The van der Waals surface area contributed by atoms with Crippen LogP contribution in [-0.2, 0) is 9.84 Å². The highest BCUT2D eigenvalue weighted by Crippen LogP contribution is 2.28. The van der Waals surface area contributed by atoms with E-state index in [2.05, 4.69) is 0 Å². The third-order valence-electron chi connectivity index (χ3n) is 2.55. The van der Waals surface area contributed by atoms with E-state index >= 15 is 0 Å². The van der Waals surface area contributed by atoms with Crippen LogP contribution in [0.1, 0.15) is 34.1 Å². The van der Waals surface area contributed by atoms with E-state index in [-0.39, 0.29) is 11.2 Å². The number of hydrogen-bond acceptors (Lipinski definition) is 2. The lowest BCUT2D eigenvalue weighted by atomic mass is 9.93. The molecule has 0 spiro atoms. The SMILES string of the molecule is CC(CCl)(CCl)CCS(=O)(=O)C(C)(C)C. The summed E-state index contributed by atoms with van der Waals surface area (Å²) in [5, 5.41) is 0. The van der Waals surface area contributed by atoms with E-state index in [1.165, 1.54) is 0 Å². The number of halogens is 2. The summed E-state index contributed by atoms with van der Waals surface area (Å²) in [7, 11) is -3.07. The predicted molar refractivity (Wildman–Crippen MR) is 67.7 cm³/mol. The monoisotopic (exact) mass is 274 g/mol. The zero-order valence-corrected chi connectivity index (χ0v) is 12.1. The van der Waals surface area contributed by atoms with Crippen molar-refractivity contribution in [3.63, 3.8) is 0 Å². The van der Waals surface area contributed by atoms with Crippen LogP contribution < -0.4 is 0 Å². The van der Waals surface area contributed by atoms with E-state index < -0.39 is 14.6 Å². The molecule has 0 aromatic carbocycles. The summed E-state index contributed by atoms with van der Waals surface area (Å²) in [5.41, 5.74) is -0.290. The summed E-state index contributed by atoms with van der Waals surface area (Å²) in [6, 6.07) is 0. The van der Waals surface area contributed by atoms with Crippen LogP contribution in [0.5, 0.6) is 0 Å². The maximum atomic E-state index is 11.8. The number of sulfone groups is 1. The zero-order chi connectivity index (χ0) is 12.3. The maximum Gasteiger partial charge on any atom is 0.155 e. The van der Waals surface area contributed by atoms with Crippen LogP contribution in [0, 0.1) is 5.41 Å². The van der Waals surface area contributed by atoms with Crippen molar-refractivity contribution < 1.29 is 8.42 Å². The molecule has 92 valence electrons. The van der Waals surface area contributed by atoms with E-state index in [0.29, 0.717) is 18.2 Å². The van der Waals surface area contributed by atoms with E-state index in [1.54, 1.807) is 20.8 Å². The molecule has 0 amide bonds. The minimum Gasteiger partial charge on any atom is -0.228 e. The van der Waals surface area contributed by atoms with Crippen molar-refractivity contribution in [3.05, 3.63) is 0 Å². The minimum absolute atomic E-state index is 0.145. The molecule has 0 aromatic heterocycles. The molecule has 0 saturated carbocycles. The predicted octanol–water partition coefficient (Wildman–Crippen LogP) is 3.07. The van der Waals surface area contributed by atoms with Crippen LogP contribution in [-0.4, -0.2) is 30.7 Å². The van der Waals surface area contributed by atoms with Gasteiger partial charge in [0.05, 0.1) is 10.5 Å². The van der Waals surface area contributed by atoms with Crippen LogP contribution in [0.3, 0.4) is 0 Å². The van der Waals surface area contributed by atoms with Gasteiger partial charge in [-0.15, -0.1) is 23.2 Å². The summed E-state index contributed by atoms with van der Waals surface area (Å²) in [6.07, 6.45) is 0.513. The topological polar surface area (TPSA) is 34.1 Å². The van der Waals surface area contributed by atoms with Crippen molar-refractivity contribution in [1.29, 1.82) is 0 Å². The van der Waals surface area contributed by atoms with Gasteiger partial charge in [-0.25, -0.2) is 8.42 Å². The van der Waals surface area contributed by atoms with E-state index in [0.717, 1.165) is 0 Å². The first-order valence-corrected chi connectivity index (χ1v) is 7.64. The molecule has 0 aliphatic heterocycles. The van der Waals surface area contributed by atoms with Crippen molar-refractivity contribution in [2.75, 3.05) is 17.5 Å². The molecular formula is C10H20Cl2O2S. The largest absolute Gasteiger partial charge is 0.228 e. The number of alkyl halides is 2. The van der Waals surface area contributed by atoms with Gasteiger partial charge in [-0.3, -0.25) is 0 Å². The van der Waals surface area contributed by atoms with Crippen LogP contribution in [0.15, 0.2) is 0 Å². The van der Waals surface area contributed by atoms with Crippen molar-refractivity contribution in [1.82, 2.24) is 0 Å². The molecular weight excluding hydrogens is 255 g/mol. The summed E-state index contributed by atoms with van der Waals surface area (Å²) in [5.74, 6) is 0.915.